The summed E-state index contributed by atoms with van der Waals surface area (Å²) in [6, 6.07) is 5.90. The molecule has 1 heterocycles. The zero-order chi connectivity index (χ0) is 14.2. The molecule has 1 aliphatic rings. The second kappa shape index (κ2) is 4.89. The van der Waals surface area contributed by atoms with Crippen molar-refractivity contribution in [2.75, 3.05) is 5.73 Å². The number of benzene rings is 1. The summed E-state index contributed by atoms with van der Waals surface area (Å²) in [4.78, 5) is 0. The summed E-state index contributed by atoms with van der Waals surface area (Å²) < 4.78 is 1.95. The molecule has 0 radical (unpaired) electrons. The van der Waals surface area contributed by atoms with Crippen molar-refractivity contribution in [3.05, 3.63) is 23.8 Å². The van der Waals surface area contributed by atoms with Crippen LogP contribution in [0.25, 0.3) is 11.4 Å². The zero-order valence-electron chi connectivity index (χ0n) is 12.1. The van der Waals surface area contributed by atoms with Crippen LogP contribution in [0.5, 0.6) is 0 Å². The van der Waals surface area contributed by atoms with E-state index in [-0.39, 0.29) is 0 Å². The molecule has 2 aromatic rings. The van der Waals surface area contributed by atoms with Gasteiger partial charge < -0.3 is 5.73 Å². The van der Waals surface area contributed by atoms with Crippen molar-refractivity contribution >= 4 is 5.69 Å². The molecule has 20 heavy (non-hydrogen) atoms. The molecule has 5 nitrogen and oxygen atoms in total. The van der Waals surface area contributed by atoms with Gasteiger partial charge in [-0.1, -0.05) is 25.5 Å². The van der Waals surface area contributed by atoms with E-state index in [2.05, 4.69) is 22.4 Å². The fraction of sp³-hybridized carbons (Fsp3) is 0.533. The summed E-state index contributed by atoms with van der Waals surface area (Å²) in [6.45, 7) is 5.18. The molecule has 0 spiro atoms. The van der Waals surface area contributed by atoms with Gasteiger partial charge >= 0.3 is 0 Å². The zero-order valence-corrected chi connectivity index (χ0v) is 12.1. The van der Waals surface area contributed by atoms with Crippen molar-refractivity contribution in [3.8, 4) is 11.4 Å². The molecule has 0 unspecified atom stereocenters. The molecule has 106 valence electrons. The van der Waals surface area contributed by atoms with Gasteiger partial charge in [-0.2, -0.15) is 0 Å². The molecule has 0 bridgehead atoms. The second-order valence-corrected chi connectivity index (χ2v) is 5.89. The molecule has 1 aromatic carbocycles. The molecule has 0 amide bonds. The van der Waals surface area contributed by atoms with Gasteiger partial charge in [-0.05, 0) is 53.7 Å². The van der Waals surface area contributed by atoms with Crippen LogP contribution in [0.2, 0.25) is 0 Å². The summed E-state index contributed by atoms with van der Waals surface area (Å²) in [6.07, 6.45) is 5.06. The molecule has 1 aliphatic carbocycles. The lowest BCUT2D eigenvalue weighted by Crippen LogP contribution is -2.34. The van der Waals surface area contributed by atoms with Crippen molar-refractivity contribution in [1.29, 1.82) is 0 Å². The summed E-state index contributed by atoms with van der Waals surface area (Å²) in [5.41, 5.74) is 9.23. The summed E-state index contributed by atoms with van der Waals surface area (Å²) in [5, 5.41) is 12.3. The Morgan fingerprint density at radius 2 is 2.15 bits per heavy atom. The Labute approximate surface area is 119 Å². The highest BCUT2D eigenvalue weighted by molar-refractivity contribution is 5.67. The molecule has 0 saturated heterocycles. The van der Waals surface area contributed by atoms with E-state index in [1.54, 1.807) is 0 Å². The first-order valence-electron chi connectivity index (χ1n) is 7.27. The van der Waals surface area contributed by atoms with Gasteiger partial charge in [0.25, 0.3) is 0 Å². The molecule has 0 aliphatic heterocycles. The molecule has 1 saturated carbocycles. The number of nitrogen functional groups attached to an aromatic ring is 1. The first kappa shape index (κ1) is 13.1. The number of nitrogens with zero attached hydrogens (tertiary/aromatic N) is 4. The first-order valence-corrected chi connectivity index (χ1v) is 7.27. The minimum Gasteiger partial charge on any atom is -0.398 e. The number of hydrogen-bond donors (Lipinski definition) is 1. The third-order valence-electron chi connectivity index (χ3n) is 4.80. The fourth-order valence-electron chi connectivity index (χ4n) is 3.02. The van der Waals surface area contributed by atoms with E-state index in [9.17, 15) is 0 Å². The summed E-state index contributed by atoms with van der Waals surface area (Å²) in [5.74, 6) is 0.828. The number of anilines is 1. The molecular formula is C15H21N5. The maximum absolute atomic E-state index is 5.99. The lowest BCUT2D eigenvalue weighted by Gasteiger charge is -2.41. The minimum atomic E-state index is 0.387. The van der Waals surface area contributed by atoms with E-state index in [0.29, 0.717) is 5.41 Å². The average molecular weight is 271 g/mol. The molecule has 0 atom stereocenters. The van der Waals surface area contributed by atoms with Crippen LogP contribution in [0.1, 0.15) is 38.2 Å². The normalized spacial score (nSPS) is 16.9. The molecule has 1 fully saturated rings. The SMILES string of the molecule is CCC1(Cn2nnnc2-c2cccc(N)c2C)CCC1. The Balaban J connectivity index is 1.96. The average Bonchev–Trinajstić information content (AvgIpc) is 2.85. The number of tetrazole rings is 1. The maximum Gasteiger partial charge on any atom is 0.182 e. The van der Waals surface area contributed by atoms with Crippen molar-refractivity contribution in [2.45, 2.75) is 46.1 Å². The number of hydrogen-bond acceptors (Lipinski definition) is 4. The largest absolute Gasteiger partial charge is 0.398 e. The van der Waals surface area contributed by atoms with E-state index in [4.69, 9.17) is 5.73 Å². The summed E-state index contributed by atoms with van der Waals surface area (Å²) in [7, 11) is 0. The van der Waals surface area contributed by atoms with Crippen molar-refractivity contribution in [1.82, 2.24) is 20.2 Å². The monoisotopic (exact) mass is 271 g/mol. The van der Waals surface area contributed by atoms with E-state index in [1.807, 2.05) is 29.8 Å². The standard InChI is InChI=1S/C15H21N5/c1-3-15(8-5-9-15)10-20-14(17-18-19-20)12-6-4-7-13(16)11(12)2/h4,6-7H,3,5,8-10,16H2,1-2H3. The van der Waals surface area contributed by atoms with Gasteiger partial charge in [-0.3, -0.25) is 0 Å². The van der Waals surface area contributed by atoms with E-state index >= 15 is 0 Å². The maximum atomic E-state index is 5.99. The topological polar surface area (TPSA) is 69.6 Å². The molecule has 5 heteroatoms. The van der Waals surface area contributed by atoms with Gasteiger partial charge in [0.15, 0.2) is 5.82 Å². The Kier molecular flexibility index (Phi) is 3.20. The van der Waals surface area contributed by atoms with E-state index in [0.717, 1.165) is 29.2 Å². The van der Waals surface area contributed by atoms with Gasteiger partial charge in [-0.25, -0.2) is 4.68 Å². The fourth-order valence-corrected chi connectivity index (χ4v) is 3.02. The second-order valence-electron chi connectivity index (χ2n) is 5.89. The van der Waals surface area contributed by atoms with Crippen LogP contribution in [0.3, 0.4) is 0 Å². The lowest BCUT2D eigenvalue weighted by atomic mass is 9.67. The number of rotatable bonds is 4. The van der Waals surface area contributed by atoms with Crippen molar-refractivity contribution < 1.29 is 0 Å². The smallest absolute Gasteiger partial charge is 0.182 e. The van der Waals surface area contributed by atoms with Crippen LogP contribution in [-0.2, 0) is 6.54 Å². The molecule has 3 rings (SSSR count). The van der Waals surface area contributed by atoms with Crippen LogP contribution >= 0.6 is 0 Å². The van der Waals surface area contributed by atoms with Crippen molar-refractivity contribution in [3.63, 3.8) is 0 Å². The van der Waals surface area contributed by atoms with Gasteiger partial charge in [0.05, 0.1) is 6.54 Å². The molecule has 1 aromatic heterocycles. The Bertz CT molecular complexity index is 607. The van der Waals surface area contributed by atoms with Gasteiger partial charge in [-0.15, -0.1) is 5.10 Å². The Hall–Kier alpha value is -1.91. The quantitative estimate of drug-likeness (QED) is 0.868. The predicted molar refractivity (Wildman–Crippen MR) is 79.0 cm³/mol. The van der Waals surface area contributed by atoms with Gasteiger partial charge in [0.1, 0.15) is 0 Å². The highest BCUT2D eigenvalue weighted by atomic mass is 15.5. The van der Waals surface area contributed by atoms with Crippen LogP contribution in [0.15, 0.2) is 18.2 Å². The molecule has 2 N–H and O–H groups in total. The van der Waals surface area contributed by atoms with Crippen LogP contribution in [0.4, 0.5) is 5.69 Å². The highest BCUT2D eigenvalue weighted by Crippen LogP contribution is 2.45. The number of aromatic nitrogens is 4. The van der Waals surface area contributed by atoms with Crippen LogP contribution in [-0.4, -0.2) is 20.2 Å². The third-order valence-corrected chi connectivity index (χ3v) is 4.80. The molecular weight excluding hydrogens is 250 g/mol. The van der Waals surface area contributed by atoms with Crippen molar-refractivity contribution in [2.24, 2.45) is 5.41 Å². The van der Waals surface area contributed by atoms with E-state index in [1.165, 1.54) is 25.7 Å². The number of nitrogens with two attached hydrogens (primary N) is 1. The third kappa shape index (κ3) is 2.07. The first-order chi connectivity index (χ1) is 9.65. The van der Waals surface area contributed by atoms with E-state index < -0.39 is 0 Å². The minimum absolute atomic E-state index is 0.387. The van der Waals surface area contributed by atoms with Crippen LogP contribution < -0.4 is 5.73 Å². The Morgan fingerprint density at radius 1 is 1.35 bits per heavy atom. The van der Waals surface area contributed by atoms with Gasteiger partial charge in [0.2, 0.25) is 0 Å². The summed E-state index contributed by atoms with van der Waals surface area (Å²) >= 11 is 0. The Morgan fingerprint density at radius 3 is 2.80 bits per heavy atom. The van der Waals surface area contributed by atoms with Crippen LogP contribution in [0, 0.1) is 12.3 Å². The highest BCUT2D eigenvalue weighted by Gasteiger charge is 2.36. The lowest BCUT2D eigenvalue weighted by molar-refractivity contribution is 0.0948. The van der Waals surface area contributed by atoms with Gasteiger partial charge in [0, 0.05) is 11.3 Å². The predicted octanol–water partition coefficient (Wildman–Crippen LogP) is 2.81.